The molecule has 0 aliphatic heterocycles. The molecule has 1 aromatic carbocycles. The highest BCUT2D eigenvalue weighted by Gasteiger charge is 2.19. The SMILES string of the molecule is CNC(c1ccc(COC)o1)c1cc(I)ccc1Br. The molecule has 1 N–H and O–H groups in total. The van der Waals surface area contributed by atoms with E-state index in [4.69, 9.17) is 9.15 Å². The maximum atomic E-state index is 5.82. The summed E-state index contributed by atoms with van der Waals surface area (Å²) in [6.45, 7) is 0.490. The summed E-state index contributed by atoms with van der Waals surface area (Å²) in [5.74, 6) is 1.72. The molecule has 2 aromatic rings. The fraction of sp³-hybridized carbons (Fsp3) is 0.286. The second-order valence-electron chi connectivity index (χ2n) is 4.12. The van der Waals surface area contributed by atoms with Crippen LogP contribution in [0.5, 0.6) is 0 Å². The molecule has 0 aliphatic carbocycles. The number of hydrogen-bond acceptors (Lipinski definition) is 3. The van der Waals surface area contributed by atoms with Crippen LogP contribution in [0.1, 0.15) is 23.1 Å². The maximum Gasteiger partial charge on any atom is 0.129 e. The van der Waals surface area contributed by atoms with E-state index in [1.165, 1.54) is 3.57 Å². The fourth-order valence-electron chi connectivity index (χ4n) is 1.96. The van der Waals surface area contributed by atoms with Gasteiger partial charge in [-0.2, -0.15) is 0 Å². The molecule has 1 aromatic heterocycles. The predicted octanol–water partition coefficient (Wildman–Crippen LogP) is 4.10. The molecule has 0 radical (unpaired) electrons. The van der Waals surface area contributed by atoms with Crippen molar-refractivity contribution in [1.82, 2.24) is 5.32 Å². The highest BCUT2D eigenvalue weighted by atomic mass is 127. The van der Waals surface area contributed by atoms with Crippen molar-refractivity contribution in [3.8, 4) is 0 Å². The van der Waals surface area contributed by atoms with Crippen molar-refractivity contribution in [3.63, 3.8) is 0 Å². The maximum absolute atomic E-state index is 5.82. The molecule has 0 saturated heterocycles. The van der Waals surface area contributed by atoms with Crippen LogP contribution in [-0.2, 0) is 11.3 Å². The van der Waals surface area contributed by atoms with Crippen molar-refractivity contribution in [2.24, 2.45) is 0 Å². The zero-order chi connectivity index (χ0) is 13.8. The van der Waals surface area contributed by atoms with Gasteiger partial charge < -0.3 is 14.5 Å². The van der Waals surface area contributed by atoms with Gasteiger partial charge in [0.25, 0.3) is 0 Å². The number of rotatable bonds is 5. The molecule has 19 heavy (non-hydrogen) atoms. The molecule has 5 heteroatoms. The average Bonchev–Trinajstić information content (AvgIpc) is 2.83. The number of halogens is 2. The first-order valence-electron chi connectivity index (χ1n) is 5.85. The third-order valence-electron chi connectivity index (χ3n) is 2.81. The lowest BCUT2D eigenvalue weighted by Gasteiger charge is -2.16. The Kier molecular flexibility index (Phi) is 5.44. The Balaban J connectivity index is 2.35. The molecule has 2 rings (SSSR count). The van der Waals surface area contributed by atoms with Crippen LogP contribution in [0, 0.1) is 3.57 Å². The summed E-state index contributed by atoms with van der Waals surface area (Å²) < 4.78 is 13.2. The molecule has 0 amide bonds. The van der Waals surface area contributed by atoms with Crippen molar-refractivity contribution in [2.75, 3.05) is 14.2 Å². The van der Waals surface area contributed by atoms with E-state index in [-0.39, 0.29) is 6.04 Å². The van der Waals surface area contributed by atoms with Gasteiger partial charge in [-0.1, -0.05) is 15.9 Å². The van der Waals surface area contributed by atoms with Crippen LogP contribution in [0.2, 0.25) is 0 Å². The van der Waals surface area contributed by atoms with E-state index in [2.05, 4.69) is 62.0 Å². The summed E-state index contributed by atoms with van der Waals surface area (Å²) in [4.78, 5) is 0. The summed E-state index contributed by atoms with van der Waals surface area (Å²) in [5, 5.41) is 3.29. The van der Waals surface area contributed by atoms with Gasteiger partial charge >= 0.3 is 0 Å². The molecular formula is C14H15BrINO2. The molecule has 0 fully saturated rings. The molecule has 0 bridgehead atoms. The van der Waals surface area contributed by atoms with Crippen LogP contribution in [0.15, 0.2) is 39.2 Å². The first-order valence-corrected chi connectivity index (χ1v) is 7.72. The molecular weight excluding hydrogens is 421 g/mol. The second-order valence-corrected chi connectivity index (χ2v) is 6.22. The van der Waals surface area contributed by atoms with Crippen LogP contribution in [0.4, 0.5) is 0 Å². The minimum atomic E-state index is 0.0229. The highest BCUT2D eigenvalue weighted by Crippen LogP contribution is 2.30. The van der Waals surface area contributed by atoms with Crippen molar-refractivity contribution in [2.45, 2.75) is 12.6 Å². The summed E-state index contributed by atoms with van der Waals surface area (Å²) in [7, 11) is 3.59. The van der Waals surface area contributed by atoms with Gasteiger partial charge in [0.05, 0.1) is 6.04 Å². The van der Waals surface area contributed by atoms with E-state index in [9.17, 15) is 0 Å². The van der Waals surface area contributed by atoms with Crippen molar-refractivity contribution in [1.29, 1.82) is 0 Å². The van der Waals surface area contributed by atoms with Gasteiger partial charge in [0.15, 0.2) is 0 Å². The third-order valence-corrected chi connectivity index (χ3v) is 4.20. The quantitative estimate of drug-likeness (QED) is 0.718. The predicted molar refractivity (Wildman–Crippen MR) is 87.2 cm³/mol. The normalized spacial score (nSPS) is 12.6. The lowest BCUT2D eigenvalue weighted by atomic mass is 10.1. The van der Waals surface area contributed by atoms with E-state index >= 15 is 0 Å². The molecule has 0 spiro atoms. The van der Waals surface area contributed by atoms with Gasteiger partial charge in [0.2, 0.25) is 0 Å². The molecule has 1 heterocycles. The Morgan fingerprint density at radius 1 is 1.37 bits per heavy atom. The number of methoxy groups -OCH3 is 1. The van der Waals surface area contributed by atoms with Crippen molar-refractivity contribution >= 4 is 38.5 Å². The van der Waals surface area contributed by atoms with Crippen LogP contribution < -0.4 is 5.32 Å². The number of nitrogens with one attached hydrogen (secondary N) is 1. The van der Waals surface area contributed by atoms with E-state index < -0.39 is 0 Å². The molecule has 102 valence electrons. The smallest absolute Gasteiger partial charge is 0.129 e. The van der Waals surface area contributed by atoms with Crippen molar-refractivity contribution in [3.05, 3.63) is 55.5 Å². The van der Waals surface area contributed by atoms with E-state index in [0.29, 0.717) is 6.61 Å². The Morgan fingerprint density at radius 3 is 2.84 bits per heavy atom. The van der Waals surface area contributed by atoms with Crippen molar-refractivity contribution < 1.29 is 9.15 Å². The van der Waals surface area contributed by atoms with Gasteiger partial charge in [-0.05, 0) is 65.5 Å². The summed E-state index contributed by atoms with van der Waals surface area (Å²) in [5.41, 5.74) is 1.16. The van der Waals surface area contributed by atoms with Crippen LogP contribution in [0.3, 0.4) is 0 Å². The monoisotopic (exact) mass is 435 g/mol. The van der Waals surface area contributed by atoms with Gasteiger partial charge in [0.1, 0.15) is 18.1 Å². The Labute approximate surface area is 135 Å². The molecule has 0 aliphatic rings. The molecule has 1 atom stereocenters. The Morgan fingerprint density at radius 2 is 2.16 bits per heavy atom. The largest absolute Gasteiger partial charge is 0.462 e. The minimum Gasteiger partial charge on any atom is -0.462 e. The molecule has 0 saturated carbocycles. The van der Waals surface area contributed by atoms with Gasteiger partial charge in [-0.25, -0.2) is 0 Å². The standard InChI is InChI=1S/C14H15BrINO2/c1-17-14(11-7-9(16)3-5-12(11)15)13-6-4-10(19-13)8-18-2/h3-7,14,17H,8H2,1-2H3. The average molecular weight is 436 g/mol. The number of furan rings is 1. The lowest BCUT2D eigenvalue weighted by Crippen LogP contribution is -2.17. The number of ether oxygens (including phenoxy) is 1. The molecule has 1 unspecified atom stereocenters. The van der Waals surface area contributed by atoms with Crippen LogP contribution in [-0.4, -0.2) is 14.2 Å². The Bertz CT molecular complexity index is 556. The first-order chi connectivity index (χ1) is 9.15. The second kappa shape index (κ2) is 6.88. The topological polar surface area (TPSA) is 34.4 Å². The zero-order valence-corrected chi connectivity index (χ0v) is 14.5. The van der Waals surface area contributed by atoms with E-state index in [0.717, 1.165) is 21.6 Å². The van der Waals surface area contributed by atoms with Crippen LogP contribution in [0.25, 0.3) is 0 Å². The summed E-state index contributed by atoms with van der Waals surface area (Å²) in [6.07, 6.45) is 0. The van der Waals surface area contributed by atoms with Crippen LogP contribution >= 0.6 is 38.5 Å². The minimum absolute atomic E-state index is 0.0229. The summed E-state index contributed by atoms with van der Waals surface area (Å²) in [6, 6.07) is 10.2. The van der Waals surface area contributed by atoms with Gasteiger partial charge in [-0.3, -0.25) is 0 Å². The van der Waals surface area contributed by atoms with Gasteiger partial charge in [-0.15, -0.1) is 0 Å². The Hall–Kier alpha value is -0.370. The zero-order valence-electron chi connectivity index (χ0n) is 10.7. The number of benzene rings is 1. The van der Waals surface area contributed by atoms with E-state index in [1.54, 1.807) is 7.11 Å². The molecule has 3 nitrogen and oxygen atoms in total. The number of hydrogen-bond donors (Lipinski definition) is 1. The van der Waals surface area contributed by atoms with E-state index in [1.807, 2.05) is 19.2 Å². The van der Waals surface area contributed by atoms with Gasteiger partial charge in [0, 0.05) is 15.2 Å². The third kappa shape index (κ3) is 3.59. The summed E-state index contributed by atoms with van der Waals surface area (Å²) >= 11 is 5.91. The first kappa shape index (κ1) is 15.0. The highest BCUT2D eigenvalue weighted by molar-refractivity contribution is 14.1. The lowest BCUT2D eigenvalue weighted by molar-refractivity contribution is 0.162. The fourth-order valence-corrected chi connectivity index (χ4v) is 2.95.